The third-order valence-electron chi connectivity index (χ3n) is 3.21. The van der Waals surface area contributed by atoms with Crippen molar-refractivity contribution in [2.75, 3.05) is 0 Å². The molecule has 21 heavy (non-hydrogen) atoms. The maximum atomic E-state index is 10.1. The second-order valence-corrected chi connectivity index (χ2v) is 5.98. The number of imidazole rings is 1. The molecule has 1 unspecified atom stereocenters. The number of aliphatic hydroxyl groups is 1. The molecule has 3 nitrogen and oxygen atoms in total. The first-order chi connectivity index (χ1) is 9.97. The van der Waals surface area contributed by atoms with E-state index in [0.717, 1.165) is 5.56 Å². The molecule has 0 fully saturated rings. The number of pyridine rings is 1. The van der Waals surface area contributed by atoms with Gasteiger partial charge in [-0.25, -0.2) is 4.98 Å². The number of halogens is 3. The minimum absolute atomic E-state index is 0.445. The molecule has 0 bridgehead atoms. The summed E-state index contributed by atoms with van der Waals surface area (Å²) in [6.45, 7) is 1.69. The lowest BCUT2D eigenvalue weighted by Gasteiger charge is -2.08. The van der Waals surface area contributed by atoms with Crippen LogP contribution in [0.4, 0.5) is 0 Å². The highest BCUT2D eigenvalue weighted by atomic mass is 35.5. The lowest BCUT2D eigenvalue weighted by Crippen LogP contribution is -1.99. The Labute approximate surface area is 136 Å². The maximum Gasteiger partial charge on any atom is 0.137 e. The van der Waals surface area contributed by atoms with Crippen molar-refractivity contribution in [3.05, 3.63) is 57.3 Å². The summed E-state index contributed by atoms with van der Waals surface area (Å²) in [5.74, 6) is 0. The van der Waals surface area contributed by atoms with Gasteiger partial charge in [-0.1, -0.05) is 40.9 Å². The van der Waals surface area contributed by atoms with E-state index in [4.69, 9.17) is 34.8 Å². The standard InChI is InChI=1S/C15H11Cl3N2O/c1-8(21)15-14(9-2-4-11(17)12(18)6-9)19-13-5-3-10(16)7-20(13)15/h2-8,21H,1H3. The van der Waals surface area contributed by atoms with E-state index in [2.05, 4.69) is 4.98 Å². The summed E-state index contributed by atoms with van der Waals surface area (Å²) in [6, 6.07) is 8.83. The molecule has 6 heteroatoms. The van der Waals surface area contributed by atoms with Crippen LogP contribution < -0.4 is 0 Å². The zero-order chi connectivity index (χ0) is 15.1. The molecule has 0 saturated heterocycles. The summed E-state index contributed by atoms with van der Waals surface area (Å²) < 4.78 is 1.78. The van der Waals surface area contributed by atoms with Crippen molar-refractivity contribution < 1.29 is 5.11 Å². The van der Waals surface area contributed by atoms with Crippen molar-refractivity contribution in [1.29, 1.82) is 0 Å². The number of fused-ring (bicyclic) bond motifs is 1. The van der Waals surface area contributed by atoms with Crippen molar-refractivity contribution in [2.24, 2.45) is 0 Å². The van der Waals surface area contributed by atoms with Gasteiger partial charge < -0.3 is 5.11 Å². The van der Waals surface area contributed by atoms with Crippen LogP contribution in [0.15, 0.2) is 36.5 Å². The Kier molecular flexibility index (Phi) is 3.84. The van der Waals surface area contributed by atoms with Crippen LogP contribution in [0.5, 0.6) is 0 Å². The van der Waals surface area contributed by atoms with E-state index in [-0.39, 0.29) is 0 Å². The first-order valence-electron chi connectivity index (χ1n) is 6.28. The normalized spacial score (nSPS) is 12.8. The molecule has 0 spiro atoms. The number of benzene rings is 1. The molecule has 108 valence electrons. The quantitative estimate of drug-likeness (QED) is 0.711. The number of hydrogen-bond acceptors (Lipinski definition) is 2. The fraction of sp³-hybridized carbons (Fsp3) is 0.133. The van der Waals surface area contributed by atoms with E-state index in [9.17, 15) is 5.11 Å². The van der Waals surface area contributed by atoms with Gasteiger partial charge in [0.2, 0.25) is 0 Å². The number of rotatable bonds is 2. The zero-order valence-corrected chi connectivity index (χ0v) is 13.3. The Bertz CT molecular complexity index is 827. The van der Waals surface area contributed by atoms with Crippen molar-refractivity contribution in [1.82, 2.24) is 9.38 Å². The molecule has 2 aromatic heterocycles. The topological polar surface area (TPSA) is 37.5 Å². The largest absolute Gasteiger partial charge is 0.387 e. The second kappa shape index (κ2) is 5.50. The molecular formula is C15H11Cl3N2O. The van der Waals surface area contributed by atoms with Gasteiger partial charge in [0.15, 0.2) is 0 Å². The smallest absolute Gasteiger partial charge is 0.137 e. The lowest BCUT2D eigenvalue weighted by atomic mass is 10.1. The fourth-order valence-corrected chi connectivity index (χ4v) is 2.75. The van der Waals surface area contributed by atoms with E-state index in [1.807, 2.05) is 6.07 Å². The molecular weight excluding hydrogens is 331 g/mol. The fourth-order valence-electron chi connectivity index (χ4n) is 2.29. The van der Waals surface area contributed by atoms with E-state index in [0.29, 0.717) is 32.1 Å². The molecule has 1 N–H and O–H groups in total. The van der Waals surface area contributed by atoms with Crippen LogP contribution >= 0.6 is 34.8 Å². The third-order valence-corrected chi connectivity index (χ3v) is 4.17. The van der Waals surface area contributed by atoms with Gasteiger partial charge in [0.25, 0.3) is 0 Å². The molecule has 3 aromatic rings. The lowest BCUT2D eigenvalue weighted by molar-refractivity contribution is 0.194. The number of aliphatic hydroxyl groups excluding tert-OH is 1. The van der Waals surface area contributed by atoms with Gasteiger partial charge in [-0.05, 0) is 31.2 Å². The highest BCUT2D eigenvalue weighted by Gasteiger charge is 2.18. The highest BCUT2D eigenvalue weighted by molar-refractivity contribution is 6.42. The Morgan fingerprint density at radius 2 is 1.86 bits per heavy atom. The summed E-state index contributed by atoms with van der Waals surface area (Å²) in [5, 5.41) is 11.6. The van der Waals surface area contributed by atoms with E-state index >= 15 is 0 Å². The van der Waals surface area contributed by atoms with Gasteiger partial charge in [-0.3, -0.25) is 4.40 Å². The molecule has 0 radical (unpaired) electrons. The Morgan fingerprint density at radius 1 is 1.10 bits per heavy atom. The molecule has 1 atom stereocenters. The number of aromatic nitrogens is 2. The number of hydrogen-bond donors (Lipinski definition) is 1. The van der Waals surface area contributed by atoms with Gasteiger partial charge in [0.1, 0.15) is 5.65 Å². The third kappa shape index (κ3) is 2.62. The van der Waals surface area contributed by atoms with Crippen LogP contribution in [0.2, 0.25) is 15.1 Å². The van der Waals surface area contributed by atoms with Crippen LogP contribution in [-0.4, -0.2) is 14.5 Å². The summed E-state index contributed by atoms with van der Waals surface area (Å²) in [4.78, 5) is 4.56. The van der Waals surface area contributed by atoms with Crippen LogP contribution in [0, 0.1) is 0 Å². The van der Waals surface area contributed by atoms with Crippen LogP contribution in [0.3, 0.4) is 0 Å². The summed E-state index contributed by atoms with van der Waals surface area (Å²) in [5.41, 5.74) is 2.81. The van der Waals surface area contributed by atoms with Crippen molar-refractivity contribution in [3.8, 4) is 11.3 Å². The van der Waals surface area contributed by atoms with Crippen LogP contribution in [0.1, 0.15) is 18.7 Å². The Balaban J connectivity index is 2.30. The maximum absolute atomic E-state index is 10.1. The van der Waals surface area contributed by atoms with Gasteiger partial charge >= 0.3 is 0 Å². The van der Waals surface area contributed by atoms with E-state index in [1.165, 1.54) is 0 Å². The Morgan fingerprint density at radius 3 is 2.52 bits per heavy atom. The summed E-state index contributed by atoms with van der Waals surface area (Å²) >= 11 is 18.0. The minimum atomic E-state index is -0.706. The highest BCUT2D eigenvalue weighted by Crippen LogP contribution is 2.33. The van der Waals surface area contributed by atoms with Crippen molar-refractivity contribution >= 4 is 40.4 Å². The molecule has 3 rings (SSSR count). The second-order valence-electron chi connectivity index (χ2n) is 4.73. The van der Waals surface area contributed by atoms with Crippen molar-refractivity contribution in [3.63, 3.8) is 0 Å². The molecule has 0 saturated carbocycles. The molecule has 0 amide bonds. The minimum Gasteiger partial charge on any atom is -0.387 e. The van der Waals surface area contributed by atoms with Gasteiger partial charge in [-0.2, -0.15) is 0 Å². The monoisotopic (exact) mass is 340 g/mol. The molecule has 1 aromatic carbocycles. The molecule has 0 aliphatic heterocycles. The van der Waals surface area contributed by atoms with Crippen LogP contribution in [-0.2, 0) is 0 Å². The SMILES string of the molecule is CC(O)c1c(-c2ccc(Cl)c(Cl)c2)nc2ccc(Cl)cn12. The van der Waals surface area contributed by atoms with Gasteiger partial charge in [0.05, 0.1) is 32.6 Å². The zero-order valence-electron chi connectivity index (χ0n) is 11.0. The Hall–Kier alpha value is -1.26. The first kappa shape index (κ1) is 14.7. The van der Waals surface area contributed by atoms with Crippen LogP contribution in [0.25, 0.3) is 16.9 Å². The van der Waals surface area contributed by atoms with Gasteiger partial charge in [-0.15, -0.1) is 0 Å². The average Bonchev–Trinajstić information content (AvgIpc) is 2.80. The number of nitrogens with zero attached hydrogens (tertiary/aromatic N) is 2. The first-order valence-corrected chi connectivity index (χ1v) is 7.42. The van der Waals surface area contributed by atoms with Gasteiger partial charge in [0, 0.05) is 11.8 Å². The predicted octanol–water partition coefficient (Wildman–Crippen LogP) is 5.01. The average molecular weight is 342 g/mol. The van der Waals surface area contributed by atoms with Crippen molar-refractivity contribution in [2.45, 2.75) is 13.0 Å². The molecule has 0 aliphatic carbocycles. The molecule has 0 aliphatic rings. The van der Waals surface area contributed by atoms with E-state index in [1.54, 1.807) is 41.8 Å². The molecule has 2 heterocycles. The summed E-state index contributed by atoms with van der Waals surface area (Å²) in [6.07, 6.45) is 1.02. The predicted molar refractivity (Wildman–Crippen MR) is 86.3 cm³/mol. The summed E-state index contributed by atoms with van der Waals surface area (Å²) in [7, 11) is 0. The van der Waals surface area contributed by atoms with E-state index < -0.39 is 6.10 Å².